The second-order valence-corrected chi connectivity index (χ2v) is 3.30. The molecule has 0 spiro atoms. The number of aliphatic imine (C=N–C) groups is 1. The van der Waals surface area contributed by atoms with E-state index < -0.39 is 0 Å². The SMILES string of the molecule is CC(C)C1=Cn2ccnc2N=C=C1. The highest BCUT2D eigenvalue weighted by atomic mass is 15.1. The van der Waals surface area contributed by atoms with Crippen LogP contribution in [-0.2, 0) is 0 Å². The lowest BCUT2D eigenvalue weighted by Gasteiger charge is -2.04. The predicted molar refractivity (Wildman–Crippen MR) is 53.0 cm³/mol. The Labute approximate surface area is 77.1 Å². The largest absolute Gasteiger partial charge is 0.290 e. The summed E-state index contributed by atoms with van der Waals surface area (Å²) in [6.07, 6.45) is 7.57. The number of imidazole rings is 1. The zero-order chi connectivity index (χ0) is 9.26. The number of aromatic nitrogens is 2. The number of nitrogens with zero attached hydrogens (tertiary/aromatic N) is 3. The van der Waals surface area contributed by atoms with E-state index in [4.69, 9.17) is 0 Å². The smallest absolute Gasteiger partial charge is 0.242 e. The van der Waals surface area contributed by atoms with Crippen molar-refractivity contribution >= 4 is 18.0 Å². The van der Waals surface area contributed by atoms with Crippen LogP contribution in [0, 0.1) is 5.92 Å². The number of hydrogen-bond donors (Lipinski definition) is 0. The van der Waals surface area contributed by atoms with Gasteiger partial charge in [0.05, 0.1) is 0 Å². The second kappa shape index (κ2) is 3.04. The Morgan fingerprint density at radius 1 is 1.46 bits per heavy atom. The first kappa shape index (κ1) is 8.02. The molecule has 3 nitrogen and oxygen atoms in total. The van der Waals surface area contributed by atoms with Crippen molar-refractivity contribution in [2.24, 2.45) is 10.9 Å². The van der Waals surface area contributed by atoms with E-state index in [-0.39, 0.29) is 0 Å². The molecule has 0 amide bonds. The predicted octanol–water partition coefficient (Wildman–Crippen LogP) is 2.25. The molecule has 0 aliphatic carbocycles. The van der Waals surface area contributed by atoms with Crippen LogP contribution in [-0.4, -0.2) is 15.4 Å². The van der Waals surface area contributed by atoms with Gasteiger partial charge in [0.15, 0.2) is 0 Å². The fourth-order valence-corrected chi connectivity index (χ4v) is 1.17. The van der Waals surface area contributed by atoms with E-state index >= 15 is 0 Å². The van der Waals surface area contributed by atoms with Crippen LogP contribution >= 0.6 is 0 Å². The van der Waals surface area contributed by atoms with Crippen molar-refractivity contribution in [2.75, 3.05) is 0 Å². The molecular formula is C10H11N3. The summed E-state index contributed by atoms with van der Waals surface area (Å²) in [5, 5.41) is 0. The Morgan fingerprint density at radius 3 is 3.08 bits per heavy atom. The molecule has 2 rings (SSSR count). The van der Waals surface area contributed by atoms with E-state index in [0.717, 1.165) is 0 Å². The number of fused-ring (bicyclic) bond motifs is 1. The van der Waals surface area contributed by atoms with Gasteiger partial charge in [-0.15, -0.1) is 0 Å². The molecule has 0 unspecified atom stereocenters. The Balaban J connectivity index is 2.52. The van der Waals surface area contributed by atoms with Gasteiger partial charge in [-0.25, -0.2) is 4.98 Å². The zero-order valence-corrected chi connectivity index (χ0v) is 7.73. The summed E-state index contributed by atoms with van der Waals surface area (Å²) in [5.41, 5.74) is 1.21. The molecule has 0 N–H and O–H groups in total. The third-order valence-corrected chi connectivity index (χ3v) is 2.00. The lowest BCUT2D eigenvalue weighted by molar-refractivity contribution is 0.794. The van der Waals surface area contributed by atoms with Gasteiger partial charge < -0.3 is 0 Å². The molecule has 0 radical (unpaired) electrons. The van der Waals surface area contributed by atoms with Crippen molar-refractivity contribution < 1.29 is 0 Å². The molecule has 2 heterocycles. The van der Waals surface area contributed by atoms with E-state index in [1.165, 1.54) is 5.57 Å². The highest BCUT2D eigenvalue weighted by Gasteiger charge is 2.04. The van der Waals surface area contributed by atoms with Gasteiger partial charge in [-0.1, -0.05) is 13.8 Å². The highest BCUT2D eigenvalue weighted by molar-refractivity contribution is 5.66. The molecule has 13 heavy (non-hydrogen) atoms. The van der Waals surface area contributed by atoms with Crippen molar-refractivity contribution in [3.63, 3.8) is 0 Å². The van der Waals surface area contributed by atoms with Gasteiger partial charge >= 0.3 is 0 Å². The Hall–Kier alpha value is -1.60. The molecule has 1 aliphatic heterocycles. The van der Waals surface area contributed by atoms with Crippen LogP contribution in [0.3, 0.4) is 0 Å². The van der Waals surface area contributed by atoms with Crippen LogP contribution in [0.1, 0.15) is 13.8 Å². The zero-order valence-electron chi connectivity index (χ0n) is 7.73. The Morgan fingerprint density at radius 2 is 2.31 bits per heavy atom. The summed E-state index contributed by atoms with van der Waals surface area (Å²) in [7, 11) is 0. The van der Waals surface area contributed by atoms with Crippen LogP contribution in [0.4, 0.5) is 5.95 Å². The minimum atomic E-state index is 0.482. The number of hydrogen-bond acceptors (Lipinski definition) is 2. The third-order valence-electron chi connectivity index (χ3n) is 2.00. The summed E-state index contributed by atoms with van der Waals surface area (Å²) < 4.78 is 1.91. The quantitative estimate of drug-likeness (QED) is 0.640. The minimum Gasteiger partial charge on any atom is -0.290 e. The van der Waals surface area contributed by atoms with Gasteiger partial charge in [-0.3, -0.25) is 4.57 Å². The maximum Gasteiger partial charge on any atom is 0.242 e. The van der Waals surface area contributed by atoms with Gasteiger partial charge in [-0.05, 0) is 17.4 Å². The van der Waals surface area contributed by atoms with E-state index in [9.17, 15) is 0 Å². The summed E-state index contributed by atoms with van der Waals surface area (Å²) in [6.45, 7) is 4.29. The first-order valence-electron chi connectivity index (χ1n) is 4.31. The molecule has 1 aromatic rings. The van der Waals surface area contributed by atoms with E-state index in [1.807, 2.05) is 23.0 Å². The normalized spacial score (nSPS) is 14.2. The van der Waals surface area contributed by atoms with Crippen LogP contribution in [0.2, 0.25) is 0 Å². The lowest BCUT2D eigenvalue weighted by Crippen LogP contribution is -1.92. The van der Waals surface area contributed by atoms with Gasteiger partial charge in [0.1, 0.15) is 0 Å². The van der Waals surface area contributed by atoms with Crippen LogP contribution in [0.15, 0.2) is 29.0 Å². The standard InChI is InChI=1S/C10H11N3/c1-8(2)9-3-4-11-10-12-5-6-13(10)7-9/h3,5-8H,1-2H3. The molecule has 1 aliphatic rings. The van der Waals surface area contributed by atoms with Gasteiger partial charge in [0.2, 0.25) is 5.95 Å². The first-order valence-corrected chi connectivity index (χ1v) is 4.31. The fourth-order valence-electron chi connectivity index (χ4n) is 1.17. The molecule has 1 aromatic heterocycles. The monoisotopic (exact) mass is 173 g/mol. The van der Waals surface area contributed by atoms with Crippen molar-refractivity contribution in [3.05, 3.63) is 24.0 Å². The molecule has 0 saturated heterocycles. The number of allylic oxidation sites excluding steroid dienone is 2. The van der Waals surface area contributed by atoms with Crippen LogP contribution in [0.25, 0.3) is 6.20 Å². The molecular weight excluding hydrogens is 162 g/mol. The van der Waals surface area contributed by atoms with Crippen molar-refractivity contribution in [2.45, 2.75) is 13.8 Å². The average molecular weight is 173 g/mol. The highest BCUT2D eigenvalue weighted by Crippen LogP contribution is 2.17. The molecule has 3 heteroatoms. The van der Waals surface area contributed by atoms with Crippen LogP contribution in [0.5, 0.6) is 0 Å². The summed E-state index contributed by atoms with van der Waals surface area (Å²) in [5.74, 6) is 4.04. The number of rotatable bonds is 1. The average Bonchev–Trinajstić information content (AvgIpc) is 2.42. The molecule has 0 aromatic carbocycles. The molecule has 66 valence electrons. The van der Waals surface area contributed by atoms with E-state index in [2.05, 4.69) is 29.7 Å². The molecule has 0 fully saturated rings. The summed E-state index contributed by atoms with van der Waals surface area (Å²) in [4.78, 5) is 8.15. The van der Waals surface area contributed by atoms with E-state index in [1.54, 1.807) is 6.20 Å². The lowest BCUT2D eigenvalue weighted by atomic mass is 10.1. The molecule has 0 saturated carbocycles. The second-order valence-electron chi connectivity index (χ2n) is 3.30. The van der Waals surface area contributed by atoms with Crippen LogP contribution < -0.4 is 0 Å². The fraction of sp³-hybridized carbons (Fsp3) is 0.300. The van der Waals surface area contributed by atoms with Crippen molar-refractivity contribution in [3.8, 4) is 0 Å². The maximum absolute atomic E-state index is 4.08. The Kier molecular flexibility index (Phi) is 1.87. The Bertz CT molecular complexity index is 404. The maximum atomic E-state index is 4.08. The van der Waals surface area contributed by atoms with Gasteiger partial charge in [0.25, 0.3) is 0 Å². The first-order chi connectivity index (χ1) is 6.27. The molecule has 0 bridgehead atoms. The summed E-state index contributed by atoms with van der Waals surface area (Å²) >= 11 is 0. The molecule has 0 atom stereocenters. The third kappa shape index (κ3) is 1.46. The van der Waals surface area contributed by atoms with E-state index in [0.29, 0.717) is 11.9 Å². The summed E-state index contributed by atoms with van der Waals surface area (Å²) in [6, 6.07) is 0. The van der Waals surface area contributed by atoms with Crippen molar-refractivity contribution in [1.82, 2.24) is 9.55 Å². The topological polar surface area (TPSA) is 30.2 Å². The van der Waals surface area contributed by atoms with Gasteiger partial charge in [0, 0.05) is 24.7 Å². The van der Waals surface area contributed by atoms with Crippen molar-refractivity contribution in [1.29, 1.82) is 0 Å². The minimum absolute atomic E-state index is 0.482. The van der Waals surface area contributed by atoms with Gasteiger partial charge in [-0.2, -0.15) is 4.99 Å².